The predicted molar refractivity (Wildman–Crippen MR) is 122 cm³/mol. The molecule has 2 aromatic carbocycles. The van der Waals surface area contributed by atoms with Crippen LogP contribution in [0.3, 0.4) is 0 Å². The molecule has 2 aliphatic heterocycles. The number of hydrogen-bond donors (Lipinski definition) is 1. The third-order valence-corrected chi connectivity index (χ3v) is 7.02. The molecule has 0 aromatic heterocycles. The van der Waals surface area contributed by atoms with E-state index in [1.165, 1.54) is 29.7 Å². The lowest BCUT2D eigenvalue weighted by molar-refractivity contribution is -0.120. The fourth-order valence-electron chi connectivity index (χ4n) is 5.02. The smallest absolute Gasteiger partial charge is 0.224 e. The minimum atomic E-state index is -0.165. The zero-order valence-electron chi connectivity index (χ0n) is 18.2. The maximum atomic E-state index is 13.1. The van der Waals surface area contributed by atoms with Crippen molar-refractivity contribution in [2.75, 3.05) is 31.1 Å². The maximum Gasteiger partial charge on any atom is 0.224 e. The molecule has 1 saturated heterocycles. The summed E-state index contributed by atoms with van der Waals surface area (Å²) in [6.45, 7) is 4.35. The van der Waals surface area contributed by atoms with Crippen LogP contribution < -0.4 is 10.2 Å². The number of rotatable bonds is 7. The molecule has 2 aromatic rings. The summed E-state index contributed by atoms with van der Waals surface area (Å²) in [4.78, 5) is 17.3. The minimum absolute atomic E-state index is 0.154. The highest BCUT2D eigenvalue weighted by molar-refractivity contribution is 5.79. The summed E-state index contributed by atoms with van der Waals surface area (Å²) in [5.41, 5.74) is 5.10. The molecule has 2 heterocycles. The van der Waals surface area contributed by atoms with E-state index in [1.807, 2.05) is 12.1 Å². The Balaban J connectivity index is 1.15. The van der Waals surface area contributed by atoms with Gasteiger partial charge in [-0.2, -0.15) is 0 Å². The zero-order chi connectivity index (χ0) is 21.2. The topological polar surface area (TPSA) is 35.6 Å². The van der Waals surface area contributed by atoms with Gasteiger partial charge in [0, 0.05) is 44.0 Å². The van der Waals surface area contributed by atoms with E-state index in [1.54, 1.807) is 12.1 Å². The van der Waals surface area contributed by atoms with Crippen LogP contribution in [-0.2, 0) is 24.1 Å². The second kappa shape index (κ2) is 8.99. The average molecular weight is 422 g/mol. The number of amides is 1. The summed E-state index contributed by atoms with van der Waals surface area (Å²) in [5, 5.41) is 3.10. The van der Waals surface area contributed by atoms with Crippen molar-refractivity contribution >= 4 is 11.6 Å². The Labute approximate surface area is 184 Å². The molecule has 0 atom stereocenters. The van der Waals surface area contributed by atoms with Crippen molar-refractivity contribution in [2.24, 2.45) is 0 Å². The van der Waals surface area contributed by atoms with Crippen molar-refractivity contribution in [1.82, 2.24) is 10.2 Å². The number of benzene rings is 2. The van der Waals surface area contributed by atoms with E-state index in [2.05, 4.69) is 33.3 Å². The molecule has 1 saturated carbocycles. The highest BCUT2D eigenvalue weighted by Crippen LogP contribution is 2.33. The molecule has 0 bridgehead atoms. The molecule has 1 aliphatic carbocycles. The van der Waals surface area contributed by atoms with Crippen LogP contribution in [0.15, 0.2) is 42.5 Å². The highest BCUT2D eigenvalue weighted by Gasteiger charge is 2.29. The summed E-state index contributed by atoms with van der Waals surface area (Å²) in [6, 6.07) is 14.5. The van der Waals surface area contributed by atoms with Crippen LogP contribution in [0.1, 0.15) is 42.4 Å². The van der Waals surface area contributed by atoms with Gasteiger partial charge in [-0.15, -0.1) is 0 Å². The number of nitrogens with one attached hydrogen (secondary N) is 1. The monoisotopic (exact) mass is 421 g/mol. The van der Waals surface area contributed by atoms with Crippen LogP contribution in [0.25, 0.3) is 0 Å². The van der Waals surface area contributed by atoms with E-state index in [0.29, 0.717) is 18.5 Å². The molecule has 0 radical (unpaired) electrons. The first-order valence-corrected chi connectivity index (χ1v) is 11.8. The first-order chi connectivity index (χ1) is 15.1. The summed E-state index contributed by atoms with van der Waals surface area (Å²) in [6.07, 6.45) is 7.18. The molecule has 4 nitrogen and oxygen atoms in total. The highest BCUT2D eigenvalue weighted by atomic mass is 19.1. The van der Waals surface area contributed by atoms with Crippen LogP contribution in [0.2, 0.25) is 0 Å². The lowest BCUT2D eigenvalue weighted by atomic mass is 10.0. The fraction of sp³-hybridized carbons (Fsp3) is 0.500. The second-order valence-corrected chi connectivity index (χ2v) is 9.37. The van der Waals surface area contributed by atoms with Crippen LogP contribution in [0, 0.1) is 5.82 Å². The number of anilines is 1. The van der Waals surface area contributed by atoms with Crippen LogP contribution in [-0.4, -0.2) is 49.1 Å². The molecule has 1 N–H and O–H groups in total. The number of piperidine rings is 1. The van der Waals surface area contributed by atoms with E-state index in [-0.39, 0.29) is 11.7 Å². The lowest BCUT2D eigenvalue weighted by Crippen LogP contribution is -2.45. The van der Waals surface area contributed by atoms with Gasteiger partial charge in [-0.25, -0.2) is 4.39 Å². The number of carbonyl (C=O) groups excluding carboxylic acids is 1. The predicted octanol–water partition coefficient (Wildman–Crippen LogP) is 3.72. The molecule has 1 amide bonds. The Morgan fingerprint density at radius 2 is 1.71 bits per heavy atom. The normalized spacial score (nSPS) is 19.5. The number of likely N-dealkylation sites (tertiary alicyclic amines) is 1. The SMILES string of the molecule is O=C(Cc1ccc2c(c1)N(C1CCN(CCc3ccc(F)cc3)CC1)CC2)NC1CC1. The first kappa shape index (κ1) is 20.5. The quantitative estimate of drug-likeness (QED) is 0.740. The summed E-state index contributed by atoms with van der Waals surface area (Å²) in [5.74, 6) is -0.0105. The van der Waals surface area contributed by atoms with Crippen molar-refractivity contribution < 1.29 is 9.18 Å². The van der Waals surface area contributed by atoms with Crippen LogP contribution >= 0.6 is 0 Å². The van der Waals surface area contributed by atoms with Crippen molar-refractivity contribution in [3.8, 4) is 0 Å². The van der Waals surface area contributed by atoms with E-state index >= 15 is 0 Å². The largest absolute Gasteiger partial charge is 0.368 e. The van der Waals surface area contributed by atoms with Gasteiger partial charge in [-0.1, -0.05) is 24.3 Å². The molecule has 0 unspecified atom stereocenters. The van der Waals surface area contributed by atoms with Crippen molar-refractivity contribution in [3.05, 3.63) is 65.0 Å². The molecule has 5 rings (SSSR count). The third-order valence-electron chi connectivity index (χ3n) is 7.02. The molecule has 5 heteroatoms. The van der Waals surface area contributed by atoms with Gasteiger partial charge in [-0.05, 0) is 73.4 Å². The summed E-state index contributed by atoms with van der Waals surface area (Å²) >= 11 is 0. The average Bonchev–Trinajstić information content (AvgIpc) is 3.49. The number of fused-ring (bicyclic) bond motifs is 1. The number of nitrogens with zero attached hydrogens (tertiary/aromatic N) is 2. The Morgan fingerprint density at radius 1 is 0.968 bits per heavy atom. The van der Waals surface area contributed by atoms with Gasteiger partial charge < -0.3 is 15.1 Å². The second-order valence-electron chi connectivity index (χ2n) is 9.37. The van der Waals surface area contributed by atoms with Crippen molar-refractivity contribution in [2.45, 2.75) is 57.0 Å². The molecule has 164 valence electrons. The van der Waals surface area contributed by atoms with Crippen LogP contribution in [0.5, 0.6) is 0 Å². The molecule has 2 fully saturated rings. The number of carbonyl (C=O) groups is 1. The summed E-state index contributed by atoms with van der Waals surface area (Å²) < 4.78 is 13.1. The van der Waals surface area contributed by atoms with Gasteiger partial charge in [0.05, 0.1) is 6.42 Å². The number of halogens is 1. The van der Waals surface area contributed by atoms with Gasteiger partial charge in [-0.3, -0.25) is 4.79 Å². The van der Waals surface area contributed by atoms with E-state index in [0.717, 1.165) is 57.4 Å². The Kier molecular flexibility index (Phi) is 5.95. The van der Waals surface area contributed by atoms with Gasteiger partial charge in [0.25, 0.3) is 0 Å². The zero-order valence-corrected chi connectivity index (χ0v) is 18.2. The van der Waals surface area contributed by atoms with Gasteiger partial charge in [0.2, 0.25) is 5.91 Å². The van der Waals surface area contributed by atoms with E-state index in [9.17, 15) is 9.18 Å². The Bertz CT molecular complexity index is 917. The Hall–Kier alpha value is -2.40. The molecular weight excluding hydrogens is 389 g/mol. The standard InChI is InChI=1S/C26H32FN3O/c27-22-5-2-19(3-6-22)9-13-29-14-11-24(12-15-29)30-16-10-21-4-1-20(17-25(21)30)18-26(31)28-23-7-8-23/h1-6,17,23-24H,7-16,18H2,(H,28,31). The first-order valence-electron chi connectivity index (χ1n) is 11.8. The fourth-order valence-corrected chi connectivity index (χ4v) is 5.02. The lowest BCUT2D eigenvalue weighted by Gasteiger charge is -2.38. The van der Waals surface area contributed by atoms with E-state index in [4.69, 9.17) is 0 Å². The van der Waals surface area contributed by atoms with Gasteiger partial charge in [0.1, 0.15) is 5.82 Å². The number of hydrogen-bond acceptors (Lipinski definition) is 3. The molecule has 0 spiro atoms. The van der Waals surface area contributed by atoms with Crippen molar-refractivity contribution in [1.29, 1.82) is 0 Å². The maximum absolute atomic E-state index is 13.1. The molecule has 3 aliphatic rings. The van der Waals surface area contributed by atoms with Crippen LogP contribution in [0.4, 0.5) is 10.1 Å². The van der Waals surface area contributed by atoms with E-state index < -0.39 is 0 Å². The minimum Gasteiger partial charge on any atom is -0.368 e. The summed E-state index contributed by atoms with van der Waals surface area (Å²) in [7, 11) is 0. The Morgan fingerprint density at radius 3 is 2.45 bits per heavy atom. The third kappa shape index (κ3) is 5.09. The van der Waals surface area contributed by atoms with Gasteiger partial charge in [0.15, 0.2) is 0 Å². The molecule has 31 heavy (non-hydrogen) atoms. The van der Waals surface area contributed by atoms with Gasteiger partial charge >= 0.3 is 0 Å². The van der Waals surface area contributed by atoms with Crippen molar-refractivity contribution in [3.63, 3.8) is 0 Å². The molecular formula is C26H32FN3O.